The number of anilines is 2. The highest BCUT2D eigenvalue weighted by molar-refractivity contribution is 5.95. The number of rotatable bonds is 4. The summed E-state index contributed by atoms with van der Waals surface area (Å²) < 4.78 is 0. The highest BCUT2D eigenvalue weighted by Crippen LogP contribution is 2.35. The molecular weight excluding hydrogens is 266 g/mol. The monoisotopic (exact) mass is 279 g/mol. The molecule has 1 heterocycles. The van der Waals surface area contributed by atoms with Gasteiger partial charge in [-0.05, 0) is 18.1 Å². The van der Waals surface area contributed by atoms with E-state index in [0.717, 1.165) is 5.56 Å². The maximum Gasteiger partial charge on any atom is 0.323 e. The van der Waals surface area contributed by atoms with Crippen molar-refractivity contribution < 1.29 is 19.6 Å². The van der Waals surface area contributed by atoms with Crippen LogP contribution in [0.3, 0.4) is 0 Å². The van der Waals surface area contributed by atoms with Crippen LogP contribution in [0, 0.1) is 10.1 Å². The smallest absolute Gasteiger partial charge is 0.323 e. The summed E-state index contributed by atoms with van der Waals surface area (Å²) in [4.78, 5) is 33.8. The molecule has 0 bridgehead atoms. The molecule has 1 aromatic carbocycles. The van der Waals surface area contributed by atoms with Crippen LogP contribution in [-0.4, -0.2) is 35.5 Å². The first kappa shape index (κ1) is 13.8. The molecule has 0 spiro atoms. The fourth-order valence-electron chi connectivity index (χ4n) is 2.14. The molecule has 0 fully saturated rings. The maximum atomic E-state index is 11.3. The summed E-state index contributed by atoms with van der Waals surface area (Å²) in [5.74, 6) is -1.26. The summed E-state index contributed by atoms with van der Waals surface area (Å²) in [5, 5.41) is 22.5. The molecule has 0 radical (unpaired) electrons. The third-order valence-corrected chi connectivity index (χ3v) is 3.08. The van der Waals surface area contributed by atoms with Gasteiger partial charge in [-0.1, -0.05) is 0 Å². The van der Waals surface area contributed by atoms with Gasteiger partial charge in [-0.15, -0.1) is 0 Å². The highest BCUT2D eigenvalue weighted by atomic mass is 16.6. The normalized spacial score (nSPS) is 13.3. The van der Waals surface area contributed by atoms with E-state index >= 15 is 0 Å². The third kappa shape index (κ3) is 2.68. The van der Waals surface area contributed by atoms with E-state index in [4.69, 9.17) is 5.11 Å². The number of benzene rings is 1. The number of carbonyl (C=O) groups is 2. The Morgan fingerprint density at radius 2 is 2.20 bits per heavy atom. The second-order valence-electron chi connectivity index (χ2n) is 4.55. The lowest BCUT2D eigenvalue weighted by molar-refractivity contribution is -0.384. The number of hydrogen-bond acceptors (Lipinski definition) is 5. The fourth-order valence-corrected chi connectivity index (χ4v) is 2.14. The molecular formula is C12H13N3O5. The maximum absolute atomic E-state index is 11.3. The predicted octanol–water partition coefficient (Wildman–Crippen LogP) is 1.00. The van der Waals surface area contributed by atoms with E-state index < -0.39 is 10.9 Å². The van der Waals surface area contributed by atoms with Crippen LogP contribution in [0.5, 0.6) is 0 Å². The Morgan fingerprint density at radius 1 is 1.50 bits per heavy atom. The van der Waals surface area contributed by atoms with Crippen LogP contribution in [0.2, 0.25) is 0 Å². The van der Waals surface area contributed by atoms with E-state index in [0.29, 0.717) is 18.5 Å². The third-order valence-electron chi connectivity index (χ3n) is 3.08. The first-order valence-corrected chi connectivity index (χ1v) is 5.92. The number of carboxylic acids is 1. The number of nitro groups is 1. The summed E-state index contributed by atoms with van der Waals surface area (Å²) in [6, 6.07) is 2.84. The van der Waals surface area contributed by atoms with Crippen LogP contribution in [-0.2, 0) is 16.0 Å². The molecule has 20 heavy (non-hydrogen) atoms. The van der Waals surface area contributed by atoms with Crippen molar-refractivity contribution in [2.75, 3.05) is 23.8 Å². The lowest BCUT2D eigenvalue weighted by Crippen LogP contribution is -2.26. The SMILES string of the molecule is CN(CC(=O)O)c1cc2c(cc1[N+](=O)[O-])NC(=O)CC2. The van der Waals surface area contributed by atoms with E-state index in [9.17, 15) is 19.7 Å². The Balaban J connectivity index is 2.47. The van der Waals surface area contributed by atoms with Gasteiger partial charge < -0.3 is 15.3 Å². The number of likely N-dealkylation sites (N-methyl/N-ethyl adjacent to an activating group) is 1. The lowest BCUT2D eigenvalue weighted by atomic mass is 10.0. The van der Waals surface area contributed by atoms with E-state index in [-0.39, 0.29) is 23.8 Å². The quantitative estimate of drug-likeness (QED) is 0.628. The van der Waals surface area contributed by atoms with Crippen LogP contribution >= 0.6 is 0 Å². The van der Waals surface area contributed by atoms with Crippen LogP contribution in [0.1, 0.15) is 12.0 Å². The summed E-state index contributed by atoms with van der Waals surface area (Å²) in [6.45, 7) is -0.341. The minimum Gasteiger partial charge on any atom is -0.480 e. The Bertz CT molecular complexity index is 599. The zero-order valence-corrected chi connectivity index (χ0v) is 10.8. The van der Waals surface area contributed by atoms with Crippen LogP contribution in [0.15, 0.2) is 12.1 Å². The summed E-state index contributed by atoms with van der Waals surface area (Å²) in [7, 11) is 1.48. The average Bonchev–Trinajstić information content (AvgIpc) is 2.36. The van der Waals surface area contributed by atoms with Gasteiger partial charge in [0, 0.05) is 19.5 Å². The lowest BCUT2D eigenvalue weighted by Gasteiger charge is -2.22. The van der Waals surface area contributed by atoms with Crippen molar-refractivity contribution in [1.29, 1.82) is 0 Å². The van der Waals surface area contributed by atoms with Crippen molar-refractivity contribution in [3.63, 3.8) is 0 Å². The number of hydrogen-bond donors (Lipinski definition) is 2. The second-order valence-corrected chi connectivity index (χ2v) is 4.55. The van der Waals surface area contributed by atoms with Gasteiger partial charge in [-0.25, -0.2) is 0 Å². The largest absolute Gasteiger partial charge is 0.480 e. The number of aryl methyl sites for hydroxylation is 1. The van der Waals surface area contributed by atoms with Crippen molar-refractivity contribution in [2.45, 2.75) is 12.8 Å². The number of nitrogens with zero attached hydrogens (tertiary/aromatic N) is 2. The number of carbonyl (C=O) groups excluding carboxylic acids is 1. The molecule has 8 nitrogen and oxygen atoms in total. The zero-order chi connectivity index (χ0) is 14.9. The fraction of sp³-hybridized carbons (Fsp3) is 0.333. The first-order chi connectivity index (χ1) is 9.38. The Hall–Kier alpha value is -2.64. The van der Waals surface area contributed by atoms with Crippen molar-refractivity contribution in [3.05, 3.63) is 27.8 Å². The van der Waals surface area contributed by atoms with Crippen molar-refractivity contribution in [2.24, 2.45) is 0 Å². The summed E-state index contributed by atoms with van der Waals surface area (Å²) in [6.07, 6.45) is 0.792. The van der Waals surface area contributed by atoms with Crippen LogP contribution in [0.4, 0.5) is 17.1 Å². The predicted molar refractivity (Wildman–Crippen MR) is 71.0 cm³/mol. The van der Waals surface area contributed by atoms with E-state index in [1.54, 1.807) is 6.07 Å². The van der Waals surface area contributed by atoms with Gasteiger partial charge in [0.2, 0.25) is 5.91 Å². The number of carboxylic acid groups (broad SMARTS) is 1. The van der Waals surface area contributed by atoms with Gasteiger partial charge in [0.15, 0.2) is 0 Å². The van der Waals surface area contributed by atoms with Crippen LogP contribution < -0.4 is 10.2 Å². The number of nitro benzene ring substituents is 1. The highest BCUT2D eigenvalue weighted by Gasteiger charge is 2.24. The first-order valence-electron chi connectivity index (χ1n) is 5.92. The van der Waals surface area contributed by atoms with Crippen molar-refractivity contribution in [3.8, 4) is 0 Å². The van der Waals surface area contributed by atoms with E-state index in [2.05, 4.69) is 5.32 Å². The molecule has 0 saturated carbocycles. The second kappa shape index (κ2) is 5.16. The van der Waals surface area contributed by atoms with Gasteiger partial charge in [0.05, 0.1) is 10.6 Å². The standard InChI is InChI=1S/C12H13N3O5/c1-14(6-12(17)18)9-4-7-2-3-11(16)13-8(7)5-10(9)15(19)20/h4-5H,2-3,6H2,1H3,(H,13,16)(H,17,18). The average molecular weight is 279 g/mol. The van der Waals surface area contributed by atoms with Gasteiger partial charge in [0.1, 0.15) is 12.2 Å². The Labute approximate surface area is 114 Å². The number of aliphatic carboxylic acids is 1. The van der Waals surface area contributed by atoms with Crippen molar-refractivity contribution >= 4 is 28.9 Å². The number of fused-ring (bicyclic) bond motifs is 1. The van der Waals surface area contributed by atoms with Crippen molar-refractivity contribution in [1.82, 2.24) is 0 Å². The van der Waals surface area contributed by atoms with Crippen LogP contribution in [0.25, 0.3) is 0 Å². The minimum atomic E-state index is -1.08. The summed E-state index contributed by atoms with van der Waals surface area (Å²) >= 11 is 0. The molecule has 0 saturated heterocycles. The molecule has 0 unspecified atom stereocenters. The Morgan fingerprint density at radius 3 is 2.80 bits per heavy atom. The molecule has 1 aromatic rings. The van der Waals surface area contributed by atoms with E-state index in [1.165, 1.54) is 18.0 Å². The van der Waals surface area contributed by atoms with Gasteiger partial charge in [-0.2, -0.15) is 0 Å². The molecule has 1 amide bonds. The molecule has 2 N–H and O–H groups in total. The van der Waals surface area contributed by atoms with Gasteiger partial charge in [0.25, 0.3) is 5.69 Å². The zero-order valence-electron chi connectivity index (χ0n) is 10.8. The molecule has 0 atom stereocenters. The van der Waals surface area contributed by atoms with E-state index in [1.807, 2.05) is 0 Å². The summed E-state index contributed by atoms with van der Waals surface area (Å²) in [5.41, 5.74) is 1.19. The van der Waals surface area contributed by atoms with Gasteiger partial charge in [-0.3, -0.25) is 19.7 Å². The number of nitrogens with one attached hydrogen (secondary N) is 1. The Kier molecular flexibility index (Phi) is 3.55. The topological polar surface area (TPSA) is 113 Å². The van der Waals surface area contributed by atoms with Gasteiger partial charge >= 0.3 is 5.97 Å². The molecule has 8 heteroatoms. The minimum absolute atomic E-state index is 0.182. The number of amides is 1. The molecule has 0 aliphatic carbocycles. The molecule has 2 rings (SSSR count). The molecule has 1 aliphatic rings. The molecule has 106 valence electrons. The molecule has 0 aromatic heterocycles. The molecule has 1 aliphatic heterocycles.